The fraction of sp³-hybridized carbons (Fsp3) is 0.214. The number of sulfonamides is 1. The standard InChI is InChI=1S/C14H14ClFN2O3S2/c15-12-5-6-14(22-12)23(20,21)18-9-13(19)17-8-7-10-1-3-11(16)4-2-10/h1-6,18H,7-9H2,(H,17,19). The van der Waals surface area contributed by atoms with E-state index in [1.54, 1.807) is 12.1 Å². The summed E-state index contributed by atoms with van der Waals surface area (Å²) in [6.07, 6.45) is 0.527. The highest BCUT2D eigenvalue weighted by Crippen LogP contribution is 2.25. The molecule has 0 radical (unpaired) electrons. The van der Waals surface area contributed by atoms with Crippen molar-refractivity contribution < 1.29 is 17.6 Å². The van der Waals surface area contributed by atoms with E-state index < -0.39 is 15.9 Å². The molecule has 0 saturated carbocycles. The average molecular weight is 377 g/mol. The van der Waals surface area contributed by atoms with Crippen molar-refractivity contribution in [3.05, 3.63) is 52.1 Å². The Bertz CT molecular complexity index is 776. The fourth-order valence-corrected chi connectivity index (χ4v) is 4.24. The van der Waals surface area contributed by atoms with Crippen molar-refractivity contribution in [3.63, 3.8) is 0 Å². The van der Waals surface area contributed by atoms with E-state index in [1.807, 2.05) is 0 Å². The van der Waals surface area contributed by atoms with E-state index in [2.05, 4.69) is 10.0 Å². The van der Waals surface area contributed by atoms with Crippen LogP contribution in [0.25, 0.3) is 0 Å². The quantitative estimate of drug-likeness (QED) is 0.777. The first-order valence-corrected chi connectivity index (χ1v) is 9.31. The predicted molar refractivity (Wildman–Crippen MR) is 87.6 cm³/mol. The van der Waals surface area contributed by atoms with Gasteiger partial charge in [-0.1, -0.05) is 23.7 Å². The van der Waals surface area contributed by atoms with Crippen LogP contribution in [0.15, 0.2) is 40.6 Å². The van der Waals surface area contributed by atoms with E-state index in [-0.39, 0.29) is 16.6 Å². The molecule has 1 aromatic carbocycles. The number of hydrogen-bond acceptors (Lipinski definition) is 4. The molecule has 0 aliphatic heterocycles. The number of thiophene rings is 1. The molecule has 2 rings (SSSR count). The van der Waals surface area contributed by atoms with Gasteiger partial charge in [0.05, 0.1) is 10.9 Å². The molecule has 1 aromatic heterocycles. The van der Waals surface area contributed by atoms with Gasteiger partial charge in [0.2, 0.25) is 5.91 Å². The summed E-state index contributed by atoms with van der Waals surface area (Å²) in [7, 11) is -3.73. The van der Waals surface area contributed by atoms with Gasteiger partial charge in [0.25, 0.3) is 10.0 Å². The third-order valence-corrected chi connectivity index (χ3v) is 6.01. The van der Waals surface area contributed by atoms with Crippen molar-refractivity contribution >= 4 is 38.9 Å². The Kier molecular flexibility index (Phi) is 6.11. The lowest BCUT2D eigenvalue weighted by Gasteiger charge is -2.07. The molecule has 2 aromatic rings. The predicted octanol–water partition coefficient (Wildman–Crippen LogP) is 2.18. The number of amides is 1. The van der Waals surface area contributed by atoms with Gasteiger partial charge in [0.15, 0.2) is 0 Å². The zero-order valence-electron chi connectivity index (χ0n) is 11.9. The van der Waals surface area contributed by atoms with E-state index in [0.29, 0.717) is 17.3 Å². The Morgan fingerprint density at radius 1 is 1.17 bits per heavy atom. The van der Waals surface area contributed by atoms with Crippen LogP contribution >= 0.6 is 22.9 Å². The van der Waals surface area contributed by atoms with Gasteiger partial charge in [-0.2, -0.15) is 0 Å². The minimum atomic E-state index is -3.73. The topological polar surface area (TPSA) is 75.3 Å². The maximum absolute atomic E-state index is 12.7. The number of rotatable bonds is 7. The summed E-state index contributed by atoms with van der Waals surface area (Å²) in [5.41, 5.74) is 0.875. The van der Waals surface area contributed by atoms with E-state index in [4.69, 9.17) is 11.6 Å². The third kappa shape index (κ3) is 5.58. The highest BCUT2D eigenvalue weighted by molar-refractivity contribution is 7.91. The van der Waals surface area contributed by atoms with Gasteiger partial charge >= 0.3 is 0 Å². The molecule has 124 valence electrons. The van der Waals surface area contributed by atoms with E-state index in [9.17, 15) is 17.6 Å². The van der Waals surface area contributed by atoms with Crippen molar-refractivity contribution in [2.24, 2.45) is 0 Å². The summed E-state index contributed by atoms with van der Waals surface area (Å²) in [6, 6.07) is 8.80. The number of carbonyl (C=O) groups excluding carboxylic acids is 1. The first kappa shape index (κ1) is 17.9. The summed E-state index contributed by atoms with van der Waals surface area (Å²) in [5.74, 6) is -0.765. The SMILES string of the molecule is O=C(CNS(=O)(=O)c1ccc(Cl)s1)NCCc1ccc(F)cc1. The average Bonchev–Trinajstić information content (AvgIpc) is 2.95. The van der Waals surface area contributed by atoms with Crippen molar-refractivity contribution in [2.75, 3.05) is 13.1 Å². The van der Waals surface area contributed by atoms with Crippen LogP contribution in [0.5, 0.6) is 0 Å². The number of nitrogens with one attached hydrogen (secondary N) is 2. The zero-order valence-corrected chi connectivity index (χ0v) is 14.3. The highest BCUT2D eigenvalue weighted by atomic mass is 35.5. The smallest absolute Gasteiger partial charge is 0.250 e. The summed E-state index contributed by atoms with van der Waals surface area (Å²) in [6.45, 7) is -0.0295. The van der Waals surface area contributed by atoms with Crippen LogP contribution in [-0.4, -0.2) is 27.4 Å². The molecule has 0 spiro atoms. The van der Waals surface area contributed by atoms with Crippen LogP contribution in [-0.2, 0) is 21.2 Å². The number of hydrogen-bond donors (Lipinski definition) is 2. The molecule has 5 nitrogen and oxygen atoms in total. The molecule has 23 heavy (non-hydrogen) atoms. The normalized spacial score (nSPS) is 11.4. The summed E-state index contributed by atoms with van der Waals surface area (Å²) < 4.78 is 39.2. The molecular formula is C14H14ClFN2O3S2. The van der Waals surface area contributed by atoms with Gasteiger partial charge in [-0.15, -0.1) is 11.3 Å². The molecule has 0 bridgehead atoms. The van der Waals surface area contributed by atoms with Gasteiger partial charge in [-0.05, 0) is 36.2 Å². The Labute approximate surface area is 142 Å². The summed E-state index contributed by atoms with van der Waals surface area (Å²) in [4.78, 5) is 11.6. The van der Waals surface area contributed by atoms with E-state index in [1.165, 1.54) is 24.3 Å². The Morgan fingerprint density at radius 2 is 1.87 bits per heavy atom. The van der Waals surface area contributed by atoms with Crippen LogP contribution in [0.1, 0.15) is 5.56 Å². The molecule has 0 atom stereocenters. The first-order chi connectivity index (χ1) is 10.9. The fourth-order valence-electron chi connectivity index (χ4n) is 1.73. The van der Waals surface area contributed by atoms with Crippen LogP contribution in [0.4, 0.5) is 4.39 Å². The van der Waals surface area contributed by atoms with Crippen molar-refractivity contribution in [3.8, 4) is 0 Å². The maximum atomic E-state index is 12.7. The van der Waals surface area contributed by atoms with Crippen LogP contribution in [0.2, 0.25) is 4.34 Å². The van der Waals surface area contributed by atoms with Crippen molar-refractivity contribution in [1.82, 2.24) is 10.0 Å². The minimum absolute atomic E-state index is 0.0570. The van der Waals surface area contributed by atoms with Gasteiger partial charge in [-0.3, -0.25) is 4.79 Å². The monoisotopic (exact) mass is 376 g/mol. The lowest BCUT2D eigenvalue weighted by atomic mass is 10.1. The first-order valence-electron chi connectivity index (χ1n) is 6.63. The molecule has 0 fully saturated rings. The van der Waals surface area contributed by atoms with E-state index in [0.717, 1.165) is 16.9 Å². The lowest BCUT2D eigenvalue weighted by Crippen LogP contribution is -2.37. The number of halogens is 2. The molecule has 0 aliphatic rings. The molecular weight excluding hydrogens is 363 g/mol. The summed E-state index contributed by atoms with van der Waals surface area (Å²) >= 11 is 6.60. The molecule has 0 unspecified atom stereocenters. The third-order valence-electron chi connectivity index (χ3n) is 2.89. The molecule has 9 heteroatoms. The van der Waals surface area contributed by atoms with Crippen LogP contribution in [0.3, 0.4) is 0 Å². The lowest BCUT2D eigenvalue weighted by molar-refractivity contribution is -0.119. The number of carbonyl (C=O) groups is 1. The molecule has 1 heterocycles. The molecule has 0 saturated heterocycles. The molecule has 1 amide bonds. The minimum Gasteiger partial charge on any atom is -0.355 e. The second-order valence-corrected chi connectivity index (χ2v) is 8.32. The highest BCUT2D eigenvalue weighted by Gasteiger charge is 2.17. The summed E-state index contributed by atoms with van der Waals surface area (Å²) in [5, 5.41) is 2.59. The van der Waals surface area contributed by atoms with Gasteiger partial charge in [-0.25, -0.2) is 17.5 Å². The molecule has 2 N–H and O–H groups in total. The van der Waals surface area contributed by atoms with Gasteiger partial charge in [0, 0.05) is 6.54 Å². The second kappa shape index (κ2) is 7.87. The van der Waals surface area contributed by atoms with Crippen molar-refractivity contribution in [2.45, 2.75) is 10.6 Å². The van der Waals surface area contributed by atoms with Gasteiger partial charge in [0.1, 0.15) is 10.0 Å². The van der Waals surface area contributed by atoms with Gasteiger partial charge < -0.3 is 5.32 Å². The second-order valence-electron chi connectivity index (χ2n) is 4.61. The van der Waals surface area contributed by atoms with Crippen molar-refractivity contribution in [1.29, 1.82) is 0 Å². The van der Waals surface area contributed by atoms with Crippen LogP contribution in [0, 0.1) is 5.82 Å². The Hall–Kier alpha value is -1.48. The Balaban J connectivity index is 1.75. The molecule has 0 aliphatic carbocycles. The Morgan fingerprint density at radius 3 is 2.48 bits per heavy atom. The maximum Gasteiger partial charge on any atom is 0.250 e. The number of benzene rings is 1. The largest absolute Gasteiger partial charge is 0.355 e. The van der Waals surface area contributed by atoms with E-state index >= 15 is 0 Å². The zero-order chi connectivity index (χ0) is 16.9. The van der Waals surface area contributed by atoms with Crippen LogP contribution < -0.4 is 10.0 Å².